The monoisotopic (exact) mass is 312 g/mol. The molecule has 0 fully saturated rings. The molecule has 0 saturated heterocycles. The van der Waals surface area contributed by atoms with Crippen LogP contribution in [0.2, 0.25) is 0 Å². The molecule has 0 bridgehead atoms. The molecule has 1 aromatic heterocycles. The summed E-state index contributed by atoms with van der Waals surface area (Å²) in [7, 11) is 0. The number of nitrogens with zero attached hydrogens (tertiary/aromatic N) is 2. The number of ketones is 1. The van der Waals surface area contributed by atoms with Crippen LogP contribution in [0.5, 0.6) is 0 Å². The molecule has 0 aliphatic heterocycles. The summed E-state index contributed by atoms with van der Waals surface area (Å²) in [5, 5.41) is 0. The summed E-state index contributed by atoms with van der Waals surface area (Å²) in [5.74, 6) is 0.101. The molecular formula is C11H9IN2O. The van der Waals surface area contributed by atoms with Gasteiger partial charge in [-0.15, -0.1) is 0 Å². The Morgan fingerprint density at radius 2 is 2.07 bits per heavy atom. The Morgan fingerprint density at radius 1 is 1.33 bits per heavy atom. The zero-order valence-corrected chi connectivity index (χ0v) is 10.1. The van der Waals surface area contributed by atoms with Crippen LogP contribution in [0.25, 0.3) is 0 Å². The molecule has 0 amide bonds. The summed E-state index contributed by atoms with van der Waals surface area (Å²) in [6.45, 7) is 0.348. The Kier molecular flexibility index (Phi) is 3.15. The minimum atomic E-state index is 0.101. The molecule has 0 radical (unpaired) electrons. The van der Waals surface area contributed by atoms with E-state index in [1.807, 2.05) is 24.3 Å². The second-order valence-corrected chi connectivity index (χ2v) is 4.41. The Balaban J connectivity index is 2.11. The smallest absolute Gasteiger partial charge is 0.182 e. The van der Waals surface area contributed by atoms with Gasteiger partial charge in [0.2, 0.25) is 0 Å². The minimum absolute atomic E-state index is 0.101. The molecule has 0 spiro atoms. The van der Waals surface area contributed by atoms with Crippen molar-refractivity contribution in [3.63, 3.8) is 0 Å². The Hall–Kier alpha value is -1.17. The molecule has 2 aromatic rings. The number of halogens is 1. The lowest BCUT2D eigenvalue weighted by atomic mass is 10.1. The highest BCUT2D eigenvalue weighted by molar-refractivity contribution is 14.1. The van der Waals surface area contributed by atoms with Gasteiger partial charge in [-0.25, -0.2) is 4.98 Å². The number of benzene rings is 1. The van der Waals surface area contributed by atoms with Crippen molar-refractivity contribution in [3.8, 4) is 0 Å². The number of Topliss-reactive ketones (excluding diaryl/α,β-unsaturated/α-hetero) is 1. The quantitative estimate of drug-likeness (QED) is 0.644. The zero-order chi connectivity index (χ0) is 10.7. The third-order valence-electron chi connectivity index (χ3n) is 2.05. The molecule has 3 nitrogen and oxygen atoms in total. The topological polar surface area (TPSA) is 34.9 Å². The molecule has 76 valence electrons. The van der Waals surface area contributed by atoms with Gasteiger partial charge < -0.3 is 4.57 Å². The van der Waals surface area contributed by atoms with Crippen molar-refractivity contribution >= 4 is 28.4 Å². The van der Waals surface area contributed by atoms with Gasteiger partial charge in [-0.1, -0.05) is 12.1 Å². The van der Waals surface area contributed by atoms with Crippen LogP contribution in [0.3, 0.4) is 0 Å². The van der Waals surface area contributed by atoms with Gasteiger partial charge in [-0.05, 0) is 34.7 Å². The normalized spacial score (nSPS) is 10.2. The Morgan fingerprint density at radius 3 is 2.67 bits per heavy atom. The van der Waals surface area contributed by atoms with E-state index < -0.39 is 0 Å². The number of hydrogen-bond acceptors (Lipinski definition) is 2. The summed E-state index contributed by atoms with van der Waals surface area (Å²) in [6.07, 6.45) is 5.09. The number of hydrogen-bond donors (Lipinski definition) is 0. The molecule has 0 N–H and O–H groups in total. The van der Waals surface area contributed by atoms with E-state index in [4.69, 9.17) is 0 Å². The van der Waals surface area contributed by atoms with Gasteiger partial charge in [-0.2, -0.15) is 0 Å². The van der Waals surface area contributed by atoms with E-state index in [2.05, 4.69) is 27.6 Å². The highest BCUT2D eigenvalue weighted by Gasteiger charge is 2.05. The average molecular weight is 312 g/mol. The van der Waals surface area contributed by atoms with Crippen LogP contribution in [0.1, 0.15) is 10.4 Å². The van der Waals surface area contributed by atoms with E-state index >= 15 is 0 Å². The van der Waals surface area contributed by atoms with E-state index in [9.17, 15) is 4.79 Å². The molecule has 2 rings (SSSR count). The maximum atomic E-state index is 11.8. The van der Waals surface area contributed by atoms with Crippen molar-refractivity contribution in [2.75, 3.05) is 0 Å². The van der Waals surface area contributed by atoms with Gasteiger partial charge in [-0.3, -0.25) is 4.79 Å². The van der Waals surface area contributed by atoms with Gasteiger partial charge in [0.05, 0.1) is 12.9 Å². The third kappa shape index (κ3) is 2.65. The molecule has 0 aliphatic carbocycles. The number of carbonyl (C=O) groups is 1. The van der Waals surface area contributed by atoms with Gasteiger partial charge in [0.1, 0.15) is 0 Å². The van der Waals surface area contributed by atoms with Crippen LogP contribution in [-0.2, 0) is 6.54 Å². The highest BCUT2D eigenvalue weighted by Crippen LogP contribution is 2.08. The average Bonchev–Trinajstić information content (AvgIpc) is 2.71. The van der Waals surface area contributed by atoms with Crippen molar-refractivity contribution in [1.29, 1.82) is 0 Å². The van der Waals surface area contributed by atoms with E-state index in [1.165, 1.54) is 0 Å². The number of imidazole rings is 1. The molecule has 4 heteroatoms. The van der Waals surface area contributed by atoms with Crippen LogP contribution in [0.4, 0.5) is 0 Å². The van der Waals surface area contributed by atoms with E-state index in [0.29, 0.717) is 6.54 Å². The summed E-state index contributed by atoms with van der Waals surface area (Å²) in [5.41, 5.74) is 0.740. The van der Waals surface area contributed by atoms with Crippen molar-refractivity contribution in [3.05, 3.63) is 52.1 Å². The van der Waals surface area contributed by atoms with Gasteiger partial charge in [0.15, 0.2) is 5.78 Å². The molecule has 0 unspecified atom stereocenters. The second kappa shape index (κ2) is 4.57. The first-order valence-corrected chi connectivity index (χ1v) is 5.58. The van der Waals surface area contributed by atoms with Gasteiger partial charge >= 0.3 is 0 Å². The van der Waals surface area contributed by atoms with Crippen molar-refractivity contribution in [2.45, 2.75) is 6.54 Å². The number of carbonyl (C=O) groups excluding carboxylic acids is 1. The fraction of sp³-hybridized carbons (Fsp3) is 0.0909. The summed E-state index contributed by atoms with van der Waals surface area (Å²) < 4.78 is 2.90. The number of aromatic nitrogens is 2. The molecule has 15 heavy (non-hydrogen) atoms. The predicted octanol–water partition coefficient (Wildman–Crippen LogP) is 2.37. The van der Waals surface area contributed by atoms with Gasteiger partial charge in [0.25, 0.3) is 0 Å². The van der Waals surface area contributed by atoms with Gasteiger partial charge in [0, 0.05) is 21.5 Å². The molecule has 0 saturated carbocycles. The summed E-state index contributed by atoms with van der Waals surface area (Å²) >= 11 is 2.22. The molecular weight excluding hydrogens is 303 g/mol. The van der Waals surface area contributed by atoms with Crippen LogP contribution < -0.4 is 0 Å². The molecule has 0 atom stereocenters. The van der Waals surface area contributed by atoms with Crippen LogP contribution in [0, 0.1) is 3.57 Å². The first-order chi connectivity index (χ1) is 7.25. The lowest BCUT2D eigenvalue weighted by molar-refractivity contribution is 0.0972. The maximum absolute atomic E-state index is 11.8. The largest absolute Gasteiger partial charge is 0.330 e. The SMILES string of the molecule is O=C(Cn1ccnc1)c1ccc(I)cc1. The second-order valence-electron chi connectivity index (χ2n) is 3.17. The number of rotatable bonds is 3. The lowest BCUT2D eigenvalue weighted by Crippen LogP contribution is -2.08. The van der Waals surface area contributed by atoms with Crippen LogP contribution >= 0.6 is 22.6 Å². The highest BCUT2D eigenvalue weighted by atomic mass is 127. The van der Waals surface area contributed by atoms with E-state index in [1.54, 1.807) is 23.3 Å². The Bertz CT molecular complexity index is 448. The maximum Gasteiger partial charge on any atom is 0.182 e. The Labute approximate surface area is 101 Å². The van der Waals surface area contributed by atoms with Crippen molar-refractivity contribution in [2.24, 2.45) is 0 Å². The van der Waals surface area contributed by atoms with E-state index in [-0.39, 0.29) is 5.78 Å². The van der Waals surface area contributed by atoms with Crippen LogP contribution in [-0.4, -0.2) is 15.3 Å². The fourth-order valence-corrected chi connectivity index (χ4v) is 1.63. The van der Waals surface area contributed by atoms with Crippen LogP contribution in [0.15, 0.2) is 43.0 Å². The zero-order valence-electron chi connectivity index (χ0n) is 7.93. The summed E-state index contributed by atoms with van der Waals surface area (Å²) in [6, 6.07) is 7.56. The first kappa shape index (κ1) is 10.4. The van der Waals surface area contributed by atoms with Crippen molar-refractivity contribution < 1.29 is 4.79 Å². The summed E-state index contributed by atoms with van der Waals surface area (Å²) in [4.78, 5) is 15.7. The first-order valence-electron chi connectivity index (χ1n) is 4.50. The minimum Gasteiger partial charge on any atom is -0.330 e. The molecule has 0 aliphatic rings. The fourth-order valence-electron chi connectivity index (χ4n) is 1.27. The predicted molar refractivity (Wildman–Crippen MR) is 65.7 cm³/mol. The van der Waals surface area contributed by atoms with Crippen molar-refractivity contribution in [1.82, 2.24) is 9.55 Å². The van der Waals surface area contributed by atoms with E-state index in [0.717, 1.165) is 9.13 Å². The standard InChI is InChI=1S/C11H9IN2O/c12-10-3-1-9(2-4-10)11(15)7-14-6-5-13-8-14/h1-6,8H,7H2. The third-order valence-corrected chi connectivity index (χ3v) is 2.77. The molecule has 1 heterocycles. The molecule has 1 aromatic carbocycles. The lowest BCUT2D eigenvalue weighted by Gasteiger charge is -2.01.